The predicted octanol–water partition coefficient (Wildman–Crippen LogP) is 1.76. The van der Waals surface area contributed by atoms with Gasteiger partial charge in [0.2, 0.25) is 0 Å². The molecule has 6 heteroatoms. The summed E-state index contributed by atoms with van der Waals surface area (Å²) in [5.41, 5.74) is 2.46. The molecule has 1 aromatic heterocycles. The number of aryl methyl sites for hydroxylation is 1. The van der Waals surface area contributed by atoms with Crippen LogP contribution < -0.4 is 0 Å². The van der Waals surface area contributed by atoms with Crippen molar-refractivity contribution in [3.05, 3.63) is 23.0 Å². The third-order valence-corrected chi connectivity index (χ3v) is 3.83. The number of likely N-dealkylation sites (N-methyl/N-ethyl adjacent to an activating group) is 1. The molecule has 1 aliphatic rings. The zero-order chi connectivity index (χ0) is 15.9. The number of urea groups is 1. The number of rotatable bonds is 4. The van der Waals surface area contributed by atoms with Gasteiger partial charge in [-0.1, -0.05) is 0 Å². The lowest BCUT2D eigenvalue weighted by Crippen LogP contribution is -2.36. The molecule has 0 atom stereocenters. The first-order valence-corrected chi connectivity index (χ1v) is 7.01. The van der Waals surface area contributed by atoms with Crippen molar-refractivity contribution in [3.8, 4) is 0 Å². The van der Waals surface area contributed by atoms with Gasteiger partial charge in [-0.3, -0.25) is 14.5 Å². The molecule has 2 rings (SSSR count). The Morgan fingerprint density at radius 2 is 1.90 bits per heavy atom. The van der Waals surface area contributed by atoms with Crippen molar-refractivity contribution in [2.75, 3.05) is 20.1 Å². The van der Waals surface area contributed by atoms with Crippen molar-refractivity contribution in [1.82, 2.24) is 14.4 Å². The molecular formula is C15H21N3O3. The molecule has 0 radical (unpaired) electrons. The van der Waals surface area contributed by atoms with Crippen LogP contribution in [0.15, 0.2) is 6.07 Å². The summed E-state index contributed by atoms with van der Waals surface area (Å²) in [6.45, 7) is 7.79. The Morgan fingerprint density at radius 3 is 2.33 bits per heavy atom. The van der Waals surface area contributed by atoms with E-state index in [2.05, 4.69) is 18.4 Å². The monoisotopic (exact) mass is 291 g/mol. The Labute approximate surface area is 124 Å². The van der Waals surface area contributed by atoms with E-state index in [4.69, 9.17) is 0 Å². The fraction of sp³-hybridized carbons (Fsp3) is 0.533. The van der Waals surface area contributed by atoms with E-state index < -0.39 is 6.03 Å². The Morgan fingerprint density at radius 1 is 1.29 bits per heavy atom. The highest BCUT2D eigenvalue weighted by Crippen LogP contribution is 2.21. The van der Waals surface area contributed by atoms with Gasteiger partial charge >= 0.3 is 6.03 Å². The molecule has 0 unspecified atom stereocenters. The average molecular weight is 291 g/mol. The lowest BCUT2D eigenvalue weighted by Gasteiger charge is -2.15. The number of hydrogen-bond donors (Lipinski definition) is 0. The number of carbonyl (C=O) groups is 3. The van der Waals surface area contributed by atoms with Crippen LogP contribution in [0, 0.1) is 13.8 Å². The summed E-state index contributed by atoms with van der Waals surface area (Å²) in [5.74, 6) is -0.527. The van der Waals surface area contributed by atoms with Crippen LogP contribution in [-0.4, -0.2) is 52.2 Å². The highest BCUT2D eigenvalue weighted by atomic mass is 16.2. The van der Waals surface area contributed by atoms with Gasteiger partial charge in [-0.15, -0.1) is 0 Å². The zero-order valence-corrected chi connectivity index (χ0v) is 13.1. The minimum atomic E-state index is -0.411. The van der Waals surface area contributed by atoms with E-state index in [-0.39, 0.29) is 30.8 Å². The number of aromatic nitrogens is 1. The van der Waals surface area contributed by atoms with Crippen molar-refractivity contribution in [2.45, 2.75) is 33.7 Å². The van der Waals surface area contributed by atoms with E-state index in [1.807, 2.05) is 19.9 Å². The molecule has 1 aliphatic heterocycles. The van der Waals surface area contributed by atoms with E-state index in [0.29, 0.717) is 5.56 Å². The van der Waals surface area contributed by atoms with Gasteiger partial charge < -0.3 is 9.47 Å². The van der Waals surface area contributed by atoms with Gasteiger partial charge in [-0.25, -0.2) is 4.79 Å². The maximum absolute atomic E-state index is 12.4. The largest absolute Gasteiger partial charge is 0.346 e. The summed E-state index contributed by atoms with van der Waals surface area (Å²) in [4.78, 5) is 38.3. The third-order valence-electron chi connectivity index (χ3n) is 3.83. The summed E-state index contributed by atoms with van der Waals surface area (Å²) in [5, 5.41) is 0. The van der Waals surface area contributed by atoms with Gasteiger partial charge in [0.1, 0.15) is 6.54 Å². The highest BCUT2D eigenvalue weighted by Gasteiger charge is 2.35. The molecule has 1 aromatic rings. The predicted molar refractivity (Wildman–Crippen MR) is 78.4 cm³/mol. The summed E-state index contributed by atoms with van der Waals surface area (Å²) in [7, 11) is 1.55. The molecule has 2 heterocycles. The molecule has 0 aliphatic carbocycles. The molecule has 114 valence electrons. The van der Waals surface area contributed by atoms with Crippen LogP contribution >= 0.6 is 0 Å². The Hall–Kier alpha value is -2.11. The first-order valence-electron chi connectivity index (χ1n) is 7.01. The molecule has 1 saturated heterocycles. The summed E-state index contributed by atoms with van der Waals surface area (Å²) < 4.78 is 2.08. The minimum absolute atomic E-state index is 0.0388. The lowest BCUT2D eigenvalue weighted by atomic mass is 10.1. The lowest BCUT2D eigenvalue weighted by molar-refractivity contribution is -0.125. The van der Waals surface area contributed by atoms with Gasteiger partial charge in [0.15, 0.2) is 5.78 Å². The van der Waals surface area contributed by atoms with E-state index in [1.54, 1.807) is 7.05 Å². The number of imide groups is 1. The van der Waals surface area contributed by atoms with Crippen molar-refractivity contribution < 1.29 is 14.4 Å². The highest BCUT2D eigenvalue weighted by molar-refractivity contribution is 6.08. The molecule has 0 aromatic carbocycles. The number of ketones is 1. The number of Topliss-reactive ketones (excluding diaryl/α,β-unsaturated/α-hetero) is 1. The minimum Gasteiger partial charge on any atom is -0.346 e. The topological polar surface area (TPSA) is 62.6 Å². The zero-order valence-electron chi connectivity index (χ0n) is 13.1. The number of hydrogen-bond acceptors (Lipinski definition) is 3. The molecule has 0 saturated carbocycles. The van der Waals surface area contributed by atoms with E-state index in [9.17, 15) is 14.4 Å². The van der Waals surface area contributed by atoms with Crippen LogP contribution in [0.4, 0.5) is 4.79 Å². The fourth-order valence-corrected chi connectivity index (χ4v) is 2.91. The maximum Gasteiger partial charge on any atom is 0.327 e. The van der Waals surface area contributed by atoms with Crippen LogP contribution in [-0.2, 0) is 4.79 Å². The Balaban J connectivity index is 2.24. The van der Waals surface area contributed by atoms with Crippen molar-refractivity contribution in [3.63, 3.8) is 0 Å². The number of amides is 3. The van der Waals surface area contributed by atoms with Gasteiger partial charge in [0, 0.05) is 30.0 Å². The second kappa shape index (κ2) is 5.35. The maximum atomic E-state index is 12.4. The second-order valence-electron chi connectivity index (χ2n) is 5.79. The normalized spacial score (nSPS) is 15.5. The SMILES string of the molecule is Cc1cc(C(=O)CN2C(=O)CN(C)C2=O)c(C)n1C(C)C. The third kappa shape index (κ3) is 2.57. The van der Waals surface area contributed by atoms with Gasteiger partial charge in [-0.2, -0.15) is 0 Å². The van der Waals surface area contributed by atoms with Crippen LogP contribution in [0.1, 0.15) is 41.6 Å². The summed E-state index contributed by atoms with van der Waals surface area (Å²) >= 11 is 0. The van der Waals surface area contributed by atoms with Crippen LogP contribution in [0.5, 0.6) is 0 Å². The van der Waals surface area contributed by atoms with Gasteiger partial charge in [-0.05, 0) is 33.8 Å². The first-order chi connectivity index (χ1) is 9.73. The molecule has 3 amide bonds. The van der Waals surface area contributed by atoms with Crippen LogP contribution in [0.25, 0.3) is 0 Å². The van der Waals surface area contributed by atoms with Crippen molar-refractivity contribution >= 4 is 17.7 Å². The number of nitrogens with zero attached hydrogens (tertiary/aromatic N) is 3. The standard InChI is InChI=1S/C15H21N3O3/c1-9(2)18-10(3)6-12(11(18)4)13(19)7-17-14(20)8-16(5)15(17)21/h6,9H,7-8H2,1-5H3. The summed E-state index contributed by atoms with van der Waals surface area (Å²) in [6.07, 6.45) is 0. The number of carbonyl (C=O) groups excluding carboxylic acids is 3. The molecule has 0 bridgehead atoms. The van der Waals surface area contributed by atoms with E-state index >= 15 is 0 Å². The second-order valence-corrected chi connectivity index (χ2v) is 5.79. The molecule has 0 N–H and O–H groups in total. The summed E-state index contributed by atoms with van der Waals surface area (Å²) in [6, 6.07) is 1.67. The molecular weight excluding hydrogens is 270 g/mol. The average Bonchev–Trinajstić information content (AvgIpc) is 2.80. The fourth-order valence-electron chi connectivity index (χ4n) is 2.91. The molecule has 6 nitrogen and oxygen atoms in total. The van der Waals surface area contributed by atoms with Crippen molar-refractivity contribution in [1.29, 1.82) is 0 Å². The quantitative estimate of drug-likeness (QED) is 0.627. The molecule has 0 spiro atoms. The Bertz CT molecular complexity index is 616. The first kappa shape index (κ1) is 15.3. The van der Waals surface area contributed by atoms with Gasteiger partial charge in [0.25, 0.3) is 5.91 Å². The van der Waals surface area contributed by atoms with Crippen molar-refractivity contribution in [2.24, 2.45) is 0 Å². The van der Waals surface area contributed by atoms with Crippen LogP contribution in [0.3, 0.4) is 0 Å². The Kier molecular flexibility index (Phi) is 3.89. The molecule has 1 fully saturated rings. The van der Waals surface area contributed by atoms with E-state index in [1.165, 1.54) is 4.90 Å². The van der Waals surface area contributed by atoms with Crippen LogP contribution in [0.2, 0.25) is 0 Å². The smallest absolute Gasteiger partial charge is 0.327 e. The molecule has 21 heavy (non-hydrogen) atoms. The van der Waals surface area contributed by atoms with E-state index in [0.717, 1.165) is 16.3 Å². The van der Waals surface area contributed by atoms with Gasteiger partial charge in [0.05, 0.1) is 6.54 Å².